The summed E-state index contributed by atoms with van der Waals surface area (Å²) >= 11 is 9.01. The first-order chi connectivity index (χ1) is 10.0. The van der Waals surface area contributed by atoms with Crippen LogP contribution in [0, 0.1) is 11.6 Å². The van der Waals surface area contributed by atoms with Crippen molar-refractivity contribution in [2.24, 2.45) is 0 Å². The van der Waals surface area contributed by atoms with Gasteiger partial charge in [0.05, 0.1) is 5.02 Å². The molecule has 0 aliphatic heterocycles. The van der Waals surface area contributed by atoms with Gasteiger partial charge in [-0.1, -0.05) is 45.7 Å². The third-order valence-corrected chi connectivity index (χ3v) is 4.17. The second kappa shape index (κ2) is 7.34. The lowest BCUT2D eigenvalue weighted by molar-refractivity contribution is 0.517. The predicted molar refractivity (Wildman–Crippen MR) is 85.8 cm³/mol. The third kappa shape index (κ3) is 4.25. The molecule has 0 aliphatic carbocycles. The lowest BCUT2D eigenvalue weighted by Crippen LogP contribution is -2.30. The Morgan fingerprint density at radius 2 is 1.86 bits per heavy atom. The predicted octanol–water partition coefficient (Wildman–Crippen LogP) is 4.75. The highest BCUT2D eigenvalue weighted by Gasteiger charge is 2.15. The van der Waals surface area contributed by atoms with Gasteiger partial charge in [0.1, 0.15) is 11.6 Å². The molecule has 0 spiro atoms. The zero-order chi connectivity index (χ0) is 15.4. The fraction of sp³-hybridized carbons (Fsp3) is 0.250. The molecule has 2 rings (SSSR count). The zero-order valence-corrected chi connectivity index (χ0v) is 13.8. The average Bonchev–Trinajstić information content (AvgIpc) is 2.45. The van der Waals surface area contributed by atoms with Gasteiger partial charge in [-0.05, 0) is 49.2 Å². The number of hydrogen-bond donors (Lipinski definition) is 1. The molecule has 1 N–H and O–H groups in total. The molecule has 0 fully saturated rings. The second-order valence-corrected chi connectivity index (χ2v) is 6.17. The summed E-state index contributed by atoms with van der Waals surface area (Å²) in [5.41, 5.74) is 1.12. The Morgan fingerprint density at radius 3 is 2.52 bits per heavy atom. The first-order valence-electron chi connectivity index (χ1n) is 6.55. The number of hydrogen-bond acceptors (Lipinski definition) is 1. The minimum atomic E-state index is -0.407. The van der Waals surface area contributed by atoms with Crippen LogP contribution in [0.2, 0.25) is 5.02 Å². The molecule has 0 aromatic heterocycles. The van der Waals surface area contributed by atoms with Crippen LogP contribution in [0.3, 0.4) is 0 Å². The zero-order valence-electron chi connectivity index (χ0n) is 11.5. The fourth-order valence-corrected chi connectivity index (χ4v) is 2.73. The SMILES string of the molecule is CNC(Cc1ccc(Br)cc1F)Cc1cccc(Cl)c1F. The van der Waals surface area contributed by atoms with Crippen molar-refractivity contribution in [3.63, 3.8) is 0 Å². The summed E-state index contributed by atoms with van der Waals surface area (Å²) in [5, 5.41) is 3.21. The molecule has 0 amide bonds. The molecule has 2 aromatic carbocycles. The maximum atomic E-state index is 13.9. The number of rotatable bonds is 5. The van der Waals surface area contributed by atoms with Gasteiger partial charge in [-0.3, -0.25) is 0 Å². The molecule has 1 atom stereocenters. The van der Waals surface area contributed by atoms with E-state index in [-0.39, 0.29) is 16.9 Å². The molecular formula is C16H15BrClF2N. The topological polar surface area (TPSA) is 12.0 Å². The first-order valence-corrected chi connectivity index (χ1v) is 7.72. The lowest BCUT2D eigenvalue weighted by atomic mass is 9.98. The molecule has 0 saturated heterocycles. The number of likely N-dealkylation sites (N-methyl/N-ethyl adjacent to an activating group) is 1. The van der Waals surface area contributed by atoms with E-state index in [0.29, 0.717) is 28.4 Å². The molecule has 0 bridgehead atoms. The van der Waals surface area contributed by atoms with Crippen LogP contribution >= 0.6 is 27.5 Å². The minimum Gasteiger partial charge on any atom is -0.316 e. The largest absolute Gasteiger partial charge is 0.316 e. The molecule has 112 valence electrons. The highest BCUT2D eigenvalue weighted by atomic mass is 79.9. The van der Waals surface area contributed by atoms with E-state index >= 15 is 0 Å². The summed E-state index contributed by atoms with van der Waals surface area (Å²) in [6.07, 6.45) is 0.917. The van der Waals surface area contributed by atoms with E-state index in [1.165, 1.54) is 12.1 Å². The molecule has 1 unspecified atom stereocenters. The van der Waals surface area contributed by atoms with Crippen LogP contribution in [0.1, 0.15) is 11.1 Å². The Labute approximate surface area is 136 Å². The van der Waals surface area contributed by atoms with Crippen LogP contribution in [0.25, 0.3) is 0 Å². The van der Waals surface area contributed by atoms with E-state index in [2.05, 4.69) is 21.2 Å². The first kappa shape index (κ1) is 16.4. The van der Waals surface area contributed by atoms with E-state index in [4.69, 9.17) is 11.6 Å². The quantitative estimate of drug-likeness (QED) is 0.796. The van der Waals surface area contributed by atoms with Crippen LogP contribution in [-0.4, -0.2) is 13.1 Å². The van der Waals surface area contributed by atoms with E-state index in [0.717, 1.165) is 0 Å². The van der Waals surface area contributed by atoms with Crippen LogP contribution in [-0.2, 0) is 12.8 Å². The average molecular weight is 375 g/mol. The normalized spacial score (nSPS) is 12.4. The monoisotopic (exact) mass is 373 g/mol. The fourth-order valence-electron chi connectivity index (χ4n) is 2.20. The molecule has 0 aliphatic rings. The molecule has 5 heteroatoms. The highest BCUT2D eigenvalue weighted by Crippen LogP contribution is 2.21. The van der Waals surface area contributed by atoms with E-state index in [1.54, 1.807) is 31.3 Å². The maximum absolute atomic E-state index is 13.9. The van der Waals surface area contributed by atoms with Crippen molar-refractivity contribution in [3.8, 4) is 0 Å². The van der Waals surface area contributed by atoms with Gasteiger partial charge in [0.15, 0.2) is 0 Å². The van der Waals surface area contributed by atoms with E-state index in [1.807, 2.05) is 0 Å². The van der Waals surface area contributed by atoms with Crippen LogP contribution in [0.4, 0.5) is 8.78 Å². The van der Waals surface area contributed by atoms with Crippen molar-refractivity contribution in [2.45, 2.75) is 18.9 Å². The number of halogens is 4. The van der Waals surface area contributed by atoms with E-state index < -0.39 is 5.82 Å². The Bertz CT molecular complexity index is 634. The Balaban J connectivity index is 2.15. The van der Waals surface area contributed by atoms with Crippen molar-refractivity contribution in [2.75, 3.05) is 7.05 Å². The Kier molecular flexibility index (Phi) is 5.73. The third-order valence-electron chi connectivity index (χ3n) is 3.39. The summed E-state index contributed by atoms with van der Waals surface area (Å²) in [6.45, 7) is 0. The van der Waals surface area contributed by atoms with Gasteiger partial charge in [-0.15, -0.1) is 0 Å². The lowest BCUT2D eigenvalue weighted by Gasteiger charge is -2.17. The van der Waals surface area contributed by atoms with Gasteiger partial charge in [-0.2, -0.15) is 0 Å². The van der Waals surface area contributed by atoms with Crippen molar-refractivity contribution in [1.82, 2.24) is 5.32 Å². The molecular weight excluding hydrogens is 360 g/mol. The number of benzene rings is 2. The molecule has 0 saturated carbocycles. The van der Waals surface area contributed by atoms with Gasteiger partial charge < -0.3 is 5.32 Å². The van der Waals surface area contributed by atoms with Crippen LogP contribution < -0.4 is 5.32 Å². The Hall–Kier alpha value is -0.970. The summed E-state index contributed by atoms with van der Waals surface area (Å²) in [5.74, 6) is -0.674. The molecule has 0 heterocycles. The Morgan fingerprint density at radius 1 is 1.14 bits per heavy atom. The maximum Gasteiger partial charge on any atom is 0.145 e. The standard InChI is InChI=1S/C16H15BrClF2N/c1-21-13(7-10-5-6-12(17)9-15(10)19)8-11-3-2-4-14(18)16(11)20/h2-6,9,13,21H,7-8H2,1H3. The molecule has 21 heavy (non-hydrogen) atoms. The van der Waals surface area contributed by atoms with Gasteiger partial charge in [0.2, 0.25) is 0 Å². The van der Waals surface area contributed by atoms with E-state index in [9.17, 15) is 8.78 Å². The molecule has 0 radical (unpaired) electrons. The van der Waals surface area contributed by atoms with Crippen LogP contribution in [0.5, 0.6) is 0 Å². The highest BCUT2D eigenvalue weighted by molar-refractivity contribution is 9.10. The summed E-state index contributed by atoms with van der Waals surface area (Å²) in [4.78, 5) is 0. The van der Waals surface area contributed by atoms with Crippen LogP contribution in [0.15, 0.2) is 40.9 Å². The van der Waals surface area contributed by atoms with Crippen molar-refractivity contribution in [1.29, 1.82) is 0 Å². The van der Waals surface area contributed by atoms with Crippen molar-refractivity contribution in [3.05, 3.63) is 68.7 Å². The number of nitrogens with one attached hydrogen (secondary N) is 1. The van der Waals surface area contributed by atoms with Gasteiger partial charge in [0.25, 0.3) is 0 Å². The smallest absolute Gasteiger partial charge is 0.145 e. The van der Waals surface area contributed by atoms with Gasteiger partial charge in [-0.25, -0.2) is 8.78 Å². The summed E-state index contributed by atoms with van der Waals surface area (Å²) in [6, 6.07) is 9.82. The van der Waals surface area contributed by atoms with Crippen molar-refractivity contribution >= 4 is 27.5 Å². The minimum absolute atomic E-state index is 0.0753. The molecule has 1 nitrogen and oxygen atoms in total. The second-order valence-electron chi connectivity index (χ2n) is 4.84. The summed E-state index contributed by atoms with van der Waals surface area (Å²) < 4.78 is 28.5. The summed E-state index contributed by atoms with van der Waals surface area (Å²) in [7, 11) is 1.78. The van der Waals surface area contributed by atoms with Crippen molar-refractivity contribution < 1.29 is 8.78 Å². The molecule has 2 aromatic rings. The van der Waals surface area contributed by atoms with Gasteiger partial charge >= 0.3 is 0 Å². The van der Waals surface area contributed by atoms with Gasteiger partial charge in [0, 0.05) is 10.5 Å².